The fourth-order valence-electron chi connectivity index (χ4n) is 4.64. The minimum Gasteiger partial charge on any atom is -0.466 e. The summed E-state index contributed by atoms with van der Waals surface area (Å²) < 4.78 is 22.2. The van der Waals surface area contributed by atoms with E-state index in [-0.39, 0.29) is 36.3 Å². The summed E-state index contributed by atoms with van der Waals surface area (Å²) in [5, 5.41) is 0. The number of hydrogen-bond acceptors (Lipinski definition) is 8. The average molecular weight is 585 g/mol. The number of hydrogen-bond donors (Lipinski definition) is 0. The summed E-state index contributed by atoms with van der Waals surface area (Å²) in [5.74, 6) is -1.71. The zero-order valence-corrected chi connectivity index (χ0v) is 28.0. The van der Waals surface area contributed by atoms with Gasteiger partial charge in [-0.25, -0.2) is 0 Å². The highest BCUT2D eigenvalue weighted by Crippen LogP contribution is 2.38. The van der Waals surface area contributed by atoms with Gasteiger partial charge in [0.05, 0.1) is 6.61 Å². The summed E-state index contributed by atoms with van der Waals surface area (Å²) in [5.41, 5.74) is -2.86. The van der Waals surface area contributed by atoms with Gasteiger partial charge in [-0.3, -0.25) is 19.2 Å². The number of carbonyl (C=O) groups excluding carboxylic acids is 4. The molecule has 8 heteroatoms. The molecule has 0 radical (unpaired) electrons. The fourth-order valence-corrected chi connectivity index (χ4v) is 4.64. The van der Waals surface area contributed by atoms with E-state index >= 15 is 0 Å². The molecule has 0 aliphatic carbocycles. The fraction of sp³-hybridized carbons (Fsp3) is 0.879. The Balaban J connectivity index is 5.81. The summed E-state index contributed by atoms with van der Waals surface area (Å²) in [6.07, 6.45) is 7.05. The molecule has 0 bridgehead atoms. The molecule has 1 atom stereocenters. The lowest BCUT2D eigenvalue weighted by atomic mass is 9.77. The molecule has 0 rings (SSSR count). The molecule has 0 aliphatic heterocycles. The van der Waals surface area contributed by atoms with Crippen LogP contribution < -0.4 is 0 Å². The normalized spacial score (nSPS) is 13.3. The average Bonchev–Trinajstić information content (AvgIpc) is 2.76. The molecular weight excluding hydrogens is 524 g/mol. The molecule has 0 N–H and O–H groups in total. The van der Waals surface area contributed by atoms with Gasteiger partial charge < -0.3 is 18.9 Å². The Bertz CT molecular complexity index is 783. The van der Waals surface area contributed by atoms with Crippen LogP contribution in [0.4, 0.5) is 0 Å². The first kappa shape index (κ1) is 38.9. The Hall–Kier alpha value is -2.12. The molecule has 240 valence electrons. The van der Waals surface area contributed by atoms with Gasteiger partial charge in [-0.15, -0.1) is 0 Å². The predicted octanol–water partition coefficient (Wildman–Crippen LogP) is 7.88. The van der Waals surface area contributed by atoms with Crippen molar-refractivity contribution in [2.75, 3.05) is 6.61 Å². The number of carbonyl (C=O) groups is 4. The van der Waals surface area contributed by atoms with Crippen LogP contribution in [0.2, 0.25) is 0 Å². The van der Waals surface area contributed by atoms with Crippen molar-refractivity contribution in [1.29, 1.82) is 0 Å². The zero-order chi connectivity index (χ0) is 31.9. The molecule has 0 fully saturated rings. The van der Waals surface area contributed by atoms with E-state index in [1.54, 1.807) is 48.5 Å². The summed E-state index contributed by atoms with van der Waals surface area (Å²) in [7, 11) is 0. The van der Waals surface area contributed by atoms with Crippen LogP contribution in [0.1, 0.15) is 153 Å². The van der Waals surface area contributed by atoms with Crippen molar-refractivity contribution in [2.45, 2.75) is 171 Å². The van der Waals surface area contributed by atoms with Crippen molar-refractivity contribution < 1.29 is 38.1 Å². The van der Waals surface area contributed by atoms with E-state index in [0.717, 1.165) is 32.1 Å². The second-order valence-electron chi connectivity index (χ2n) is 14.4. The lowest BCUT2D eigenvalue weighted by molar-refractivity contribution is -0.187. The molecule has 1 unspecified atom stereocenters. The van der Waals surface area contributed by atoms with Crippen LogP contribution in [0.15, 0.2) is 0 Å². The molecule has 0 amide bonds. The molecule has 0 saturated carbocycles. The molecule has 8 nitrogen and oxygen atoms in total. The largest absolute Gasteiger partial charge is 0.466 e. The number of ether oxygens (including phenoxy) is 4. The Kier molecular flexibility index (Phi) is 16.8. The first-order chi connectivity index (χ1) is 18.7. The van der Waals surface area contributed by atoms with Crippen LogP contribution in [-0.2, 0) is 38.1 Å². The van der Waals surface area contributed by atoms with Gasteiger partial charge in [0, 0.05) is 13.3 Å². The van der Waals surface area contributed by atoms with Gasteiger partial charge in [0.2, 0.25) is 0 Å². The van der Waals surface area contributed by atoms with Gasteiger partial charge in [-0.1, -0.05) is 40.0 Å². The second-order valence-corrected chi connectivity index (χ2v) is 14.4. The third-order valence-electron chi connectivity index (χ3n) is 6.53. The van der Waals surface area contributed by atoms with Crippen LogP contribution in [0.5, 0.6) is 0 Å². The lowest BCUT2D eigenvalue weighted by Gasteiger charge is -2.35. The van der Waals surface area contributed by atoms with Crippen molar-refractivity contribution in [2.24, 2.45) is 10.8 Å². The number of esters is 4. The molecule has 41 heavy (non-hydrogen) atoms. The maximum absolute atomic E-state index is 13.8. The smallest absolute Gasteiger partial charge is 0.324 e. The van der Waals surface area contributed by atoms with E-state index in [0.29, 0.717) is 38.7 Å². The maximum atomic E-state index is 13.8. The highest BCUT2D eigenvalue weighted by molar-refractivity contribution is 6.00. The highest BCUT2D eigenvalue weighted by atomic mass is 16.6. The summed E-state index contributed by atoms with van der Waals surface area (Å²) >= 11 is 0. The first-order valence-corrected chi connectivity index (χ1v) is 15.5. The van der Waals surface area contributed by atoms with E-state index in [9.17, 15) is 19.2 Å². The van der Waals surface area contributed by atoms with Crippen LogP contribution in [0.25, 0.3) is 0 Å². The SMILES string of the molecule is CCOC(=O)CCCCCCC(CCCC(CCCC(C)(C)C)OC(C)=O)(C(=O)OC(C)(C)C)C(=O)OC(C)(C)C. The summed E-state index contributed by atoms with van der Waals surface area (Å²) in [4.78, 5) is 51.0. The highest BCUT2D eigenvalue weighted by Gasteiger charge is 2.50. The van der Waals surface area contributed by atoms with Crippen molar-refractivity contribution >= 4 is 23.9 Å². The van der Waals surface area contributed by atoms with Crippen molar-refractivity contribution in [3.05, 3.63) is 0 Å². The maximum Gasteiger partial charge on any atom is 0.324 e. The first-order valence-electron chi connectivity index (χ1n) is 15.5. The topological polar surface area (TPSA) is 105 Å². The van der Waals surface area contributed by atoms with Gasteiger partial charge in [0.25, 0.3) is 0 Å². The van der Waals surface area contributed by atoms with E-state index in [2.05, 4.69) is 20.8 Å². The minimum atomic E-state index is -1.48. The van der Waals surface area contributed by atoms with Crippen LogP contribution in [0, 0.1) is 10.8 Å². The van der Waals surface area contributed by atoms with E-state index in [4.69, 9.17) is 18.9 Å². The second kappa shape index (κ2) is 17.7. The predicted molar refractivity (Wildman–Crippen MR) is 161 cm³/mol. The zero-order valence-electron chi connectivity index (χ0n) is 28.0. The molecular formula is C33H60O8. The van der Waals surface area contributed by atoms with Gasteiger partial charge in [-0.2, -0.15) is 0 Å². The Labute approximate surface area is 250 Å². The van der Waals surface area contributed by atoms with Gasteiger partial charge in [0.1, 0.15) is 17.3 Å². The molecule has 0 aliphatic rings. The van der Waals surface area contributed by atoms with Crippen LogP contribution in [0.3, 0.4) is 0 Å². The monoisotopic (exact) mass is 584 g/mol. The van der Waals surface area contributed by atoms with Crippen LogP contribution >= 0.6 is 0 Å². The minimum absolute atomic E-state index is 0.180. The van der Waals surface area contributed by atoms with E-state index in [1.807, 2.05) is 0 Å². The molecule has 0 aromatic rings. The Morgan fingerprint density at radius 2 is 1.10 bits per heavy atom. The third-order valence-corrected chi connectivity index (χ3v) is 6.53. The Morgan fingerprint density at radius 3 is 1.54 bits per heavy atom. The lowest BCUT2D eigenvalue weighted by Crippen LogP contribution is -2.47. The number of rotatable bonds is 18. The van der Waals surface area contributed by atoms with Crippen LogP contribution in [-0.4, -0.2) is 47.8 Å². The van der Waals surface area contributed by atoms with Crippen molar-refractivity contribution in [1.82, 2.24) is 0 Å². The van der Waals surface area contributed by atoms with E-state index in [1.165, 1.54) is 6.92 Å². The molecule has 0 aromatic heterocycles. The number of unbranched alkanes of at least 4 members (excludes halogenated alkanes) is 3. The van der Waals surface area contributed by atoms with Crippen molar-refractivity contribution in [3.63, 3.8) is 0 Å². The van der Waals surface area contributed by atoms with E-state index < -0.39 is 28.6 Å². The Morgan fingerprint density at radius 1 is 0.634 bits per heavy atom. The van der Waals surface area contributed by atoms with Gasteiger partial charge in [0.15, 0.2) is 5.41 Å². The molecule has 0 spiro atoms. The van der Waals surface area contributed by atoms with Gasteiger partial charge in [-0.05, 0) is 105 Å². The quantitative estimate of drug-likeness (QED) is 0.0693. The third kappa shape index (κ3) is 18.8. The molecule has 0 heterocycles. The summed E-state index contributed by atoms with van der Waals surface area (Å²) in [6.45, 7) is 20.8. The van der Waals surface area contributed by atoms with Crippen molar-refractivity contribution in [3.8, 4) is 0 Å². The molecule has 0 saturated heterocycles. The van der Waals surface area contributed by atoms with Gasteiger partial charge >= 0.3 is 23.9 Å². The molecule has 0 aromatic carbocycles. The summed E-state index contributed by atoms with van der Waals surface area (Å²) in [6, 6.07) is 0. The standard InChI is InChI=1S/C33H60O8/c1-12-38-27(35)21-15-13-14-16-23-33(28(36)40-31(6,7)8,29(37)41-32(9,10)11)24-18-20-26(39-25(2)34)19-17-22-30(3,4)5/h26H,12-24H2,1-11H3.